The second-order valence-electron chi connectivity index (χ2n) is 7.50. The third-order valence-electron chi connectivity index (χ3n) is 4.08. The molecule has 0 aromatic carbocycles. The summed E-state index contributed by atoms with van der Waals surface area (Å²) in [4.78, 5) is 20.3. The van der Waals surface area contributed by atoms with Crippen molar-refractivity contribution in [1.29, 1.82) is 0 Å². The fraction of sp³-hybridized carbons (Fsp3) is 0.765. The van der Waals surface area contributed by atoms with E-state index in [-0.39, 0.29) is 12.0 Å². The number of carbonyl (C=O) groups excluding carboxylic acids is 1. The quantitative estimate of drug-likeness (QED) is 0.881. The van der Waals surface area contributed by atoms with E-state index in [1.165, 1.54) is 17.8 Å². The number of imidazole rings is 1. The van der Waals surface area contributed by atoms with E-state index in [0.29, 0.717) is 5.92 Å². The molecule has 0 radical (unpaired) electrons. The molecule has 0 saturated heterocycles. The fourth-order valence-corrected chi connectivity index (χ4v) is 2.96. The van der Waals surface area contributed by atoms with Gasteiger partial charge in [0, 0.05) is 11.6 Å². The molecule has 1 aromatic heterocycles. The topological polar surface area (TPSA) is 67.0 Å². The number of nitrogens with one attached hydrogen (secondary N) is 2. The zero-order valence-corrected chi connectivity index (χ0v) is 14.6. The first-order valence-electron chi connectivity index (χ1n) is 8.29. The molecule has 0 aliphatic heterocycles. The Morgan fingerprint density at radius 2 is 2.14 bits per heavy atom. The van der Waals surface area contributed by atoms with Crippen LogP contribution in [-0.2, 0) is 11.2 Å². The minimum absolute atomic E-state index is 0.155. The maximum absolute atomic E-state index is 12.1. The average molecular weight is 307 g/mol. The van der Waals surface area contributed by atoms with Crippen molar-refractivity contribution in [2.24, 2.45) is 5.92 Å². The van der Waals surface area contributed by atoms with Gasteiger partial charge in [0.1, 0.15) is 11.4 Å². The van der Waals surface area contributed by atoms with Gasteiger partial charge in [0.2, 0.25) is 0 Å². The molecule has 0 bridgehead atoms. The summed E-state index contributed by atoms with van der Waals surface area (Å²) in [7, 11) is 0. The van der Waals surface area contributed by atoms with Gasteiger partial charge in [-0.05, 0) is 46.0 Å². The fourth-order valence-electron chi connectivity index (χ4n) is 2.96. The van der Waals surface area contributed by atoms with Crippen LogP contribution in [0, 0.1) is 5.92 Å². The molecule has 0 saturated carbocycles. The molecular weight excluding hydrogens is 278 g/mol. The molecule has 124 valence electrons. The first-order chi connectivity index (χ1) is 10.2. The van der Waals surface area contributed by atoms with Crippen LogP contribution in [0.4, 0.5) is 4.79 Å². The maximum Gasteiger partial charge on any atom is 0.408 e. The minimum Gasteiger partial charge on any atom is -0.444 e. The number of aromatic amines is 1. The summed E-state index contributed by atoms with van der Waals surface area (Å²) in [5.41, 5.74) is 1.93. The Bertz CT molecular complexity index is 528. The summed E-state index contributed by atoms with van der Waals surface area (Å²) in [6.45, 7) is 12.0. The molecule has 1 unspecified atom stereocenters. The van der Waals surface area contributed by atoms with Gasteiger partial charge < -0.3 is 15.0 Å². The van der Waals surface area contributed by atoms with Crippen LogP contribution >= 0.6 is 0 Å². The summed E-state index contributed by atoms with van der Waals surface area (Å²) in [6, 6.07) is -0.155. The van der Waals surface area contributed by atoms with Gasteiger partial charge >= 0.3 is 6.09 Å². The number of hydrogen-bond acceptors (Lipinski definition) is 3. The first kappa shape index (κ1) is 16.8. The summed E-state index contributed by atoms with van der Waals surface area (Å²) in [5.74, 6) is 1.64. The number of ether oxygens (including phenoxy) is 1. The Morgan fingerprint density at radius 3 is 2.68 bits per heavy atom. The number of aromatic nitrogens is 2. The number of nitrogens with zero attached hydrogens (tertiary/aromatic N) is 1. The van der Waals surface area contributed by atoms with Gasteiger partial charge in [-0.2, -0.15) is 0 Å². The summed E-state index contributed by atoms with van der Waals surface area (Å²) >= 11 is 0. The number of rotatable bonds is 4. The molecule has 0 fully saturated rings. The zero-order valence-electron chi connectivity index (χ0n) is 14.6. The highest BCUT2D eigenvalue weighted by Crippen LogP contribution is 2.35. The Hall–Kier alpha value is -1.52. The van der Waals surface area contributed by atoms with Crippen molar-refractivity contribution in [3.63, 3.8) is 0 Å². The van der Waals surface area contributed by atoms with Crippen LogP contribution in [0.25, 0.3) is 0 Å². The molecule has 5 nitrogen and oxygen atoms in total. The first-order valence-corrected chi connectivity index (χ1v) is 8.29. The number of aryl methyl sites for hydroxylation is 1. The van der Waals surface area contributed by atoms with E-state index in [1.807, 2.05) is 20.8 Å². The van der Waals surface area contributed by atoms with E-state index in [0.717, 1.165) is 18.7 Å². The Morgan fingerprint density at radius 1 is 1.45 bits per heavy atom. The Kier molecular flexibility index (Phi) is 4.83. The van der Waals surface area contributed by atoms with Crippen LogP contribution in [0.2, 0.25) is 0 Å². The molecule has 1 heterocycles. The monoisotopic (exact) mass is 307 g/mol. The SMILES string of the molecule is CCC1CCc2[nH]c([C@@H](NC(=O)OC(C)(C)C)C(C)C)nc21. The van der Waals surface area contributed by atoms with E-state index in [2.05, 4.69) is 31.1 Å². The predicted molar refractivity (Wildman–Crippen MR) is 86.9 cm³/mol. The van der Waals surface area contributed by atoms with Crippen LogP contribution in [0.5, 0.6) is 0 Å². The molecule has 2 rings (SSSR count). The third kappa shape index (κ3) is 3.81. The van der Waals surface area contributed by atoms with Gasteiger partial charge in [-0.25, -0.2) is 9.78 Å². The normalized spacial score (nSPS) is 19.1. The van der Waals surface area contributed by atoms with E-state index >= 15 is 0 Å². The van der Waals surface area contributed by atoms with Crippen LogP contribution in [0.15, 0.2) is 0 Å². The lowest BCUT2D eigenvalue weighted by atomic mass is 10.0. The molecule has 1 aromatic rings. The predicted octanol–water partition coefficient (Wildman–Crippen LogP) is 4.07. The number of hydrogen-bond donors (Lipinski definition) is 2. The number of fused-ring (bicyclic) bond motifs is 1. The molecule has 1 aliphatic rings. The zero-order chi connectivity index (χ0) is 16.5. The lowest BCUT2D eigenvalue weighted by Gasteiger charge is -2.24. The van der Waals surface area contributed by atoms with Gasteiger partial charge in [0.15, 0.2) is 0 Å². The van der Waals surface area contributed by atoms with Crippen LogP contribution in [0.3, 0.4) is 0 Å². The van der Waals surface area contributed by atoms with Crippen LogP contribution in [-0.4, -0.2) is 21.7 Å². The van der Waals surface area contributed by atoms with E-state index < -0.39 is 11.7 Å². The standard InChI is InChI=1S/C17H29N3O2/c1-7-11-8-9-12-14(11)19-15(18-12)13(10(2)3)20-16(21)22-17(4,5)6/h10-11,13H,7-9H2,1-6H3,(H,18,19)(H,20,21)/t11?,13-/m0/s1. The second kappa shape index (κ2) is 6.31. The van der Waals surface area contributed by atoms with Crippen molar-refractivity contribution in [3.8, 4) is 0 Å². The van der Waals surface area contributed by atoms with Crippen LogP contribution in [0.1, 0.15) is 83.6 Å². The molecule has 1 aliphatic carbocycles. The van der Waals surface area contributed by atoms with Crippen molar-refractivity contribution >= 4 is 6.09 Å². The third-order valence-corrected chi connectivity index (χ3v) is 4.08. The molecule has 2 N–H and O–H groups in total. The van der Waals surface area contributed by atoms with Gasteiger partial charge in [0.25, 0.3) is 0 Å². The lowest BCUT2D eigenvalue weighted by molar-refractivity contribution is 0.0486. The van der Waals surface area contributed by atoms with Crippen molar-refractivity contribution in [2.45, 2.75) is 78.4 Å². The van der Waals surface area contributed by atoms with Gasteiger partial charge in [-0.1, -0.05) is 20.8 Å². The van der Waals surface area contributed by atoms with E-state index in [9.17, 15) is 4.79 Å². The molecule has 0 spiro atoms. The highest BCUT2D eigenvalue weighted by molar-refractivity contribution is 5.68. The summed E-state index contributed by atoms with van der Waals surface area (Å²) in [5, 5.41) is 2.96. The van der Waals surface area contributed by atoms with Gasteiger partial charge in [0.05, 0.1) is 11.7 Å². The summed E-state index contributed by atoms with van der Waals surface area (Å²) in [6.07, 6.45) is 2.95. The van der Waals surface area contributed by atoms with Crippen LogP contribution < -0.4 is 5.32 Å². The number of alkyl carbamates (subject to hydrolysis) is 1. The van der Waals surface area contributed by atoms with Crippen molar-refractivity contribution < 1.29 is 9.53 Å². The molecular formula is C17H29N3O2. The highest BCUT2D eigenvalue weighted by atomic mass is 16.6. The number of carbonyl (C=O) groups is 1. The van der Waals surface area contributed by atoms with Crippen molar-refractivity contribution in [1.82, 2.24) is 15.3 Å². The van der Waals surface area contributed by atoms with E-state index in [1.54, 1.807) is 0 Å². The lowest BCUT2D eigenvalue weighted by Crippen LogP contribution is -2.37. The summed E-state index contributed by atoms with van der Waals surface area (Å²) < 4.78 is 5.37. The highest BCUT2D eigenvalue weighted by Gasteiger charge is 2.30. The molecule has 1 amide bonds. The molecule has 5 heteroatoms. The Labute approximate surface area is 133 Å². The van der Waals surface area contributed by atoms with Crippen molar-refractivity contribution in [3.05, 3.63) is 17.2 Å². The Balaban J connectivity index is 2.14. The average Bonchev–Trinajstić information content (AvgIpc) is 2.92. The number of amides is 1. The van der Waals surface area contributed by atoms with E-state index in [4.69, 9.17) is 9.72 Å². The minimum atomic E-state index is -0.496. The number of H-pyrrole nitrogens is 1. The largest absolute Gasteiger partial charge is 0.444 e. The maximum atomic E-state index is 12.1. The molecule has 2 atom stereocenters. The molecule has 22 heavy (non-hydrogen) atoms. The smallest absolute Gasteiger partial charge is 0.408 e. The van der Waals surface area contributed by atoms with Gasteiger partial charge in [-0.15, -0.1) is 0 Å². The second-order valence-corrected chi connectivity index (χ2v) is 7.50. The van der Waals surface area contributed by atoms with Crippen molar-refractivity contribution in [2.75, 3.05) is 0 Å². The van der Waals surface area contributed by atoms with Gasteiger partial charge in [-0.3, -0.25) is 0 Å².